The van der Waals surface area contributed by atoms with Crippen LogP contribution in [-0.2, 0) is 12.7 Å². The van der Waals surface area contributed by atoms with Crippen molar-refractivity contribution in [2.24, 2.45) is 0 Å². The van der Waals surface area contributed by atoms with Crippen molar-refractivity contribution in [3.05, 3.63) is 64.8 Å². The Morgan fingerprint density at radius 1 is 1.03 bits per heavy atom. The van der Waals surface area contributed by atoms with Crippen LogP contribution in [0.15, 0.2) is 48.5 Å². The van der Waals surface area contributed by atoms with E-state index in [2.05, 4.69) is 9.88 Å². The predicted molar refractivity (Wildman–Crippen MR) is 112 cm³/mol. The second kappa shape index (κ2) is 8.32. The minimum Gasteiger partial charge on any atom is -0.497 e. The van der Waals surface area contributed by atoms with Gasteiger partial charge < -0.3 is 9.64 Å². The molecule has 2 aromatic carbocycles. The fourth-order valence-electron chi connectivity index (χ4n) is 3.69. The van der Waals surface area contributed by atoms with E-state index < -0.39 is 11.7 Å². The number of ether oxygens (including phenoxy) is 1. The fraction of sp³-hybridized carbons (Fsp3) is 0.318. The van der Waals surface area contributed by atoms with Crippen LogP contribution in [0.4, 0.5) is 18.9 Å². The first-order chi connectivity index (χ1) is 14.3. The lowest BCUT2D eigenvalue weighted by atomic mass is 10.1. The van der Waals surface area contributed by atoms with Crippen molar-refractivity contribution in [3.63, 3.8) is 0 Å². The van der Waals surface area contributed by atoms with E-state index in [-0.39, 0.29) is 0 Å². The summed E-state index contributed by atoms with van der Waals surface area (Å²) in [5, 5.41) is 1.44. The Hall–Kier alpha value is -2.51. The molecule has 1 fully saturated rings. The third-order valence-corrected chi connectivity index (χ3v) is 5.68. The van der Waals surface area contributed by atoms with Gasteiger partial charge >= 0.3 is 6.18 Å². The Bertz CT molecular complexity index is 1050. The summed E-state index contributed by atoms with van der Waals surface area (Å²) in [7, 11) is 1.61. The minimum absolute atomic E-state index is 0.455. The molecule has 0 bridgehead atoms. The lowest BCUT2D eigenvalue weighted by Gasteiger charge is -2.36. The van der Waals surface area contributed by atoms with Gasteiger partial charge in [0.2, 0.25) is 0 Å². The fourth-order valence-corrected chi connectivity index (χ4v) is 3.89. The molecule has 0 saturated carbocycles. The molecule has 1 saturated heterocycles. The van der Waals surface area contributed by atoms with Gasteiger partial charge in [-0.2, -0.15) is 13.2 Å². The Balaban J connectivity index is 1.43. The molecule has 0 aliphatic carbocycles. The van der Waals surface area contributed by atoms with E-state index in [4.69, 9.17) is 16.3 Å². The molecule has 0 N–H and O–H groups in total. The average molecular weight is 436 g/mol. The number of fused-ring (bicyclic) bond motifs is 1. The lowest BCUT2D eigenvalue weighted by Crippen LogP contribution is -2.46. The first-order valence-electron chi connectivity index (χ1n) is 9.61. The second-order valence-electron chi connectivity index (χ2n) is 7.31. The van der Waals surface area contributed by atoms with Gasteiger partial charge in [-0.1, -0.05) is 17.7 Å². The van der Waals surface area contributed by atoms with Gasteiger partial charge in [-0.25, -0.2) is 4.98 Å². The maximum absolute atomic E-state index is 13.0. The molecule has 30 heavy (non-hydrogen) atoms. The molecule has 4 nitrogen and oxygen atoms in total. The van der Waals surface area contributed by atoms with Gasteiger partial charge in [-0.15, -0.1) is 0 Å². The lowest BCUT2D eigenvalue weighted by molar-refractivity contribution is -0.137. The number of anilines is 1. The van der Waals surface area contributed by atoms with E-state index in [0.717, 1.165) is 41.4 Å². The van der Waals surface area contributed by atoms with Gasteiger partial charge in [0, 0.05) is 55.4 Å². The van der Waals surface area contributed by atoms with Crippen LogP contribution < -0.4 is 9.64 Å². The van der Waals surface area contributed by atoms with E-state index in [9.17, 15) is 13.2 Å². The van der Waals surface area contributed by atoms with E-state index in [1.807, 2.05) is 29.2 Å². The van der Waals surface area contributed by atoms with Crippen molar-refractivity contribution in [2.75, 3.05) is 38.2 Å². The summed E-state index contributed by atoms with van der Waals surface area (Å²) >= 11 is 6.41. The normalized spacial score (nSPS) is 15.6. The third-order valence-electron chi connectivity index (χ3n) is 5.36. The van der Waals surface area contributed by atoms with Crippen LogP contribution in [0.25, 0.3) is 10.9 Å². The topological polar surface area (TPSA) is 28.6 Å². The Morgan fingerprint density at radius 2 is 1.80 bits per heavy atom. The van der Waals surface area contributed by atoms with Gasteiger partial charge in [0.15, 0.2) is 0 Å². The molecule has 0 spiro atoms. The largest absolute Gasteiger partial charge is 0.497 e. The number of benzene rings is 2. The summed E-state index contributed by atoms with van der Waals surface area (Å²) < 4.78 is 44.2. The molecule has 1 aromatic heterocycles. The van der Waals surface area contributed by atoms with Gasteiger partial charge in [0.05, 0.1) is 18.2 Å². The zero-order chi connectivity index (χ0) is 21.3. The average Bonchev–Trinajstić information content (AvgIpc) is 2.74. The smallest absolute Gasteiger partial charge is 0.416 e. The molecular formula is C22H21ClF3N3O. The number of alkyl halides is 3. The number of hydrogen-bond acceptors (Lipinski definition) is 4. The van der Waals surface area contributed by atoms with Crippen molar-refractivity contribution in [2.45, 2.75) is 12.7 Å². The number of halogens is 4. The van der Waals surface area contributed by atoms with Crippen molar-refractivity contribution in [3.8, 4) is 5.75 Å². The second-order valence-corrected chi connectivity index (χ2v) is 7.67. The molecule has 1 aliphatic rings. The van der Waals surface area contributed by atoms with Crippen LogP contribution in [0.3, 0.4) is 0 Å². The number of pyridine rings is 1. The number of aromatic nitrogens is 1. The van der Waals surface area contributed by atoms with E-state index in [1.54, 1.807) is 13.2 Å². The SMILES string of the molecule is COc1ccc2cc(CN3CCN(c4cccc(C(F)(F)F)c4)CC3)c(Cl)nc2c1. The molecule has 3 aromatic rings. The number of methoxy groups -OCH3 is 1. The van der Waals surface area contributed by atoms with Crippen LogP contribution >= 0.6 is 11.6 Å². The van der Waals surface area contributed by atoms with Crippen molar-refractivity contribution >= 4 is 28.2 Å². The zero-order valence-electron chi connectivity index (χ0n) is 16.4. The highest BCUT2D eigenvalue weighted by molar-refractivity contribution is 6.30. The molecule has 2 heterocycles. The minimum atomic E-state index is -4.33. The third kappa shape index (κ3) is 4.47. The Morgan fingerprint density at radius 3 is 2.50 bits per heavy atom. The van der Waals surface area contributed by atoms with Crippen LogP contribution in [0, 0.1) is 0 Å². The molecule has 8 heteroatoms. The molecular weight excluding hydrogens is 415 g/mol. The summed E-state index contributed by atoms with van der Waals surface area (Å²) in [5.41, 5.74) is 1.69. The van der Waals surface area contributed by atoms with Gasteiger partial charge in [-0.3, -0.25) is 4.90 Å². The summed E-state index contributed by atoms with van der Waals surface area (Å²) in [4.78, 5) is 8.71. The van der Waals surface area contributed by atoms with Crippen LogP contribution in [-0.4, -0.2) is 43.2 Å². The summed E-state index contributed by atoms with van der Waals surface area (Å²) in [6.07, 6.45) is -4.33. The van der Waals surface area contributed by atoms with Crippen molar-refractivity contribution in [1.29, 1.82) is 0 Å². The van der Waals surface area contributed by atoms with Crippen LogP contribution in [0.1, 0.15) is 11.1 Å². The number of nitrogens with zero attached hydrogens (tertiary/aromatic N) is 3. The highest BCUT2D eigenvalue weighted by Gasteiger charge is 2.31. The first kappa shape index (κ1) is 20.8. The number of hydrogen-bond donors (Lipinski definition) is 0. The Labute approximate surface area is 177 Å². The first-order valence-corrected chi connectivity index (χ1v) is 9.99. The maximum Gasteiger partial charge on any atom is 0.416 e. The quantitative estimate of drug-likeness (QED) is 0.524. The molecule has 4 rings (SSSR count). The highest BCUT2D eigenvalue weighted by atomic mass is 35.5. The summed E-state index contributed by atoms with van der Waals surface area (Å²) in [6, 6.07) is 13.2. The molecule has 0 amide bonds. The van der Waals surface area contributed by atoms with Crippen molar-refractivity contribution in [1.82, 2.24) is 9.88 Å². The molecule has 0 radical (unpaired) electrons. The standard InChI is InChI=1S/C22H21ClF3N3O/c1-30-19-6-5-15-11-16(21(23)27-20(15)13-19)14-28-7-9-29(10-8-28)18-4-2-3-17(12-18)22(24,25)26/h2-6,11-13H,7-10,14H2,1H3. The molecule has 0 unspecified atom stereocenters. The van der Waals surface area contributed by atoms with Gasteiger partial charge in [0.25, 0.3) is 0 Å². The zero-order valence-corrected chi connectivity index (χ0v) is 17.2. The summed E-state index contributed by atoms with van der Waals surface area (Å²) in [6.45, 7) is 3.40. The van der Waals surface area contributed by atoms with Gasteiger partial charge in [-0.05, 0) is 36.4 Å². The molecule has 158 valence electrons. The van der Waals surface area contributed by atoms with Crippen LogP contribution in [0.2, 0.25) is 5.15 Å². The maximum atomic E-state index is 13.0. The van der Waals surface area contributed by atoms with Gasteiger partial charge in [0.1, 0.15) is 10.9 Å². The van der Waals surface area contributed by atoms with E-state index >= 15 is 0 Å². The summed E-state index contributed by atoms with van der Waals surface area (Å²) in [5.74, 6) is 0.726. The van der Waals surface area contributed by atoms with E-state index in [0.29, 0.717) is 30.5 Å². The monoisotopic (exact) mass is 435 g/mol. The predicted octanol–water partition coefficient (Wildman–Crippen LogP) is 5.24. The highest BCUT2D eigenvalue weighted by Crippen LogP contribution is 2.32. The molecule has 1 aliphatic heterocycles. The number of rotatable bonds is 4. The number of piperazine rings is 1. The van der Waals surface area contributed by atoms with Crippen molar-refractivity contribution < 1.29 is 17.9 Å². The van der Waals surface area contributed by atoms with E-state index in [1.165, 1.54) is 12.1 Å². The molecule has 0 atom stereocenters. The van der Waals surface area contributed by atoms with Crippen LogP contribution in [0.5, 0.6) is 5.75 Å². The Kier molecular flexibility index (Phi) is 5.75.